The van der Waals surface area contributed by atoms with Gasteiger partial charge >= 0.3 is 18.1 Å². The number of pyridine rings is 1. The van der Waals surface area contributed by atoms with Gasteiger partial charge in [-0.3, -0.25) is 14.5 Å². The molecule has 1 saturated carbocycles. The molecule has 8 heterocycles. The van der Waals surface area contributed by atoms with Gasteiger partial charge in [-0.15, -0.1) is 0 Å². The van der Waals surface area contributed by atoms with E-state index in [1.807, 2.05) is 113 Å². The molecular weight excluding hydrogens is 1670 g/mol. The number of rotatable bonds is 21. The lowest BCUT2D eigenvalue weighted by Crippen LogP contribution is -2.49. The maximum absolute atomic E-state index is 13.3. The minimum atomic E-state index is -4.51. The standard InChI is InChI=1S/C27H28FN5O2.C24H24FN5O2.C23H23ClF3N3O2.C22H23ClN4O/c28-19-10-12-20(13-11-19)32-14-16-33(17-15-32)26-25(30-23-8-4-5-9-24(23)31-26)22(18-29)27(34)35-21-6-2-1-3-7-21;1-16(2)32-24(31)19(15-26)22-23(28-21-6-4-3-5-20(21)27-22)30-13-11-29(12-14-30)18-9-7-17(25)8-10-18;24-16-5-7-18(8-6-16)32-15-17(31)14-29-9-11-30(12-10-29)21-13-22(23(25,26)27)28-20-4-2-1-3-19(20)21;1-28-16-19-15-21(25-22(24-19)17-6-3-2-4-7-17)27-12-10-26(11-13-27)20-9-5-8-18(23)14-20/h4-5,8-13,21-22H,1-3,6-7,14-17H2;3-10,16,19H,11-14H2,1-2H3;1-8,13,17,31H,9-12,14-15H2;2-9,14-15H,10-13,16H2,1H3. The van der Waals surface area contributed by atoms with Crippen LogP contribution in [0.1, 0.15) is 80.6 Å². The van der Waals surface area contributed by atoms with Crippen LogP contribution in [-0.2, 0) is 36.6 Å². The number of para-hydroxylation sites is 5. The Morgan fingerprint density at radius 1 is 0.496 bits per heavy atom. The average molecular weight is 1770 g/mol. The van der Waals surface area contributed by atoms with Crippen LogP contribution >= 0.6 is 23.2 Å². The second kappa shape index (κ2) is 43.0. The number of nitriles is 2. The van der Waals surface area contributed by atoms with Gasteiger partial charge in [-0.25, -0.2) is 43.7 Å². The molecule has 0 amide bonds. The van der Waals surface area contributed by atoms with Crippen molar-refractivity contribution in [3.05, 3.63) is 257 Å². The number of fused-ring (bicyclic) bond motifs is 3. The summed E-state index contributed by atoms with van der Waals surface area (Å²) < 4.78 is 88.6. The molecule has 0 spiro atoms. The van der Waals surface area contributed by atoms with Crippen LogP contribution in [0.4, 0.5) is 62.2 Å². The molecule has 24 nitrogen and oxygen atoms in total. The van der Waals surface area contributed by atoms with Crippen LogP contribution in [0.2, 0.25) is 10.0 Å². The number of piperazine rings is 4. The number of hydrogen-bond donors (Lipinski definition) is 1. The largest absolute Gasteiger partial charge is 0.491 e. The zero-order valence-corrected chi connectivity index (χ0v) is 72.2. The molecule has 5 aliphatic rings. The summed E-state index contributed by atoms with van der Waals surface area (Å²) in [6.45, 7) is 15.8. The Bertz CT molecular complexity index is 5770. The fourth-order valence-corrected chi connectivity index (χ4v) is 16.3. The third-order valence-corrected chi connectivity index (χ3v) is 22.9. The summed E-state index contributed by atoms with van der Waals surface area (Å²) >= 11 is 12.0. The van der Waals surface area contributed by atoms with Gasteiger partial charge in [0.2, 0.25) is 0 Å². The van der Waals surface area contributed by atoms with Crippen LogP contribution in [0.25, 0.3) is 44.4 Å². The van der Waals surface area contributed by atoms with Crippen LogP contribution in [0.5, 0.6) is 5.75 Å². The van der Waals surface area contributed by atoms with Crippen LogP contribution in [0.3, 0.4) is 0 Å². The van der Waals surface area contributed by atoms with Gasteiger partial charge in [0.15, 0.2) is 29.3 Å². The van der Waals surface area contributed by atoms with Crippen LogP contribution in [-0.4, -0.2) is 200 Å². The van der Waals surface area contributed by atoms with Gasteiger partial charge in [0, 0.05) is 168 Å². The van der Waals surface area contributed by atoms with E-state index in [1.165, 1.54) is 30.0 Å². The summed E-state index contributed by atoms with van der Waals surface area (Å²) in [6, 6.07) is 67.0. The SMILES string of the molecule is CC(C)OC(=O)C(C#N)c1nc2ccccc2nc1N1CCN(c2ccc(F)cc2)CC1.COCc1cc(N2CCN(c3cccc(Cl)c3)CC2)nc(-c2ccccc2)n1.N#CC(C(=O)OC1CCCCC1)c1nc2ccccc2nc1N1CCN(c2ccc(F)cc2)CC1.OC(COc1ccc(Cl)cc1)CN1CCN(c2cc(C(F)(F)F)nc3ccccc23)CC1. The van der Waals surface area contributed by atoms with E-state index in [4.69, 9.17) is 62.1 Å². The van der Waals surface area contributed by atoms with Crippen molar-refractivity contribution in [3.8, 4) is 29.3 Å². The molecule has 31 heteroatoms. The monoisotopic (exact) mass is 1770 g/mol. The molecule has 4 aliphatic heterocycles. The van der Waals surface area contributed by atoms with Crippen molar-refractivity contribution in [3.63, 3.8) is 0 Å². The highest BCUT2D eigenvalue weighted by molar-refractivity contribution is 6.31. The first kappa shape index (κ1) is 90.6. The molecule has 12 aromatic rings. The minimum absolute atomic E-state index is 0.136. The van der Waals surface area contributed by atoms with E-state index in [0.29, 0.717) is 164 Å². The molecule has 17 rings (SSSR count). The number of alkyl halides is 3. The lowest BCUT2D eigenvalue weighted by Gasteiger charge is -2.37. The van der Waals surface area contributed by atoms with E-state index in [2.05, 4.69) is 62.6 Å². The third kappa shape index (κ3) is 23.9. The Balaban J connectivity index is 0.000000138. The lowest BCUT2D eigenvalue weighted by atomic mass is 9.97. The van der Waals surface area contributed by atoms with Crippen molar-refractivity contribution >= 4 is 108 Å². The molecule has 0 radical (unpaired) electrons. The number of aliphatic hydroxyl groups is 1. The van der Waals surface area contributed by atoms with Crippen molar-refractivity contribution in [1.82, 2.24) is 39.8 Å². The van der Waals surface area contributed by atoms with Crippen molar-refractivity contribution in [2.45, 2.75) is 88.9 Å². The van der Waals surface area contributed by atoms with Gasteiger partial charge < -0.3 is 58.4 Å². The highest BCUT2D eigenvalue weighted by atomic mass is 35.5. The molecule has 5 fully saturated rings. The first-order chi connectivity index (χ1) is 61.6. The fourth-order valence-electron chi connectivity index (χ4n) is 15.9. The van der Waals surface area contributed by atoms with Gasteiger partial charge in [-0.05, 0) is 167 Å². The molecule has 3 atom stereocenters. The summed E-state index contributed by atoms with van der Waals surface area (Å²) in [5.41, 5.74) is 8.29. The van der Waals surface area contributed by atoms with Crippen LogP contribution in [0.15, 0.2) is 212 Å². The second-order valence-electron chi connectivity index (χ2n) is 31.6. The molecule has 4 aromatic heterocycles. The summed E-state index contributed by atoms with van der Waals surface area (Å²) in [4.78, 5) is 75.3. The Morgan fingerprint density at radius 2 is 0.984 bits per heavy atom. The summed E-state index contributed by atoms with van der Waals surface area (Å²) in [6.07, 6.45) is -0.761. The number of esters is 2. The van der Waals surface area contributed by atoms with Gasteiger partial charge in [0.1, 0.15) is 59.1 Å². The molecule has 1 N–H and O–H groups in total. The molecule has 127 heavy (non-hydrogen) atoms. The zero-order chi connectivity index (χ0) is 88.9. The number of β-amino-alcohol motifs (C(OH)–C–C–N with tert-alkyl or cyclic N) is 1. The predicted molar refractivity (Wildman–Crippen MR) is 484 cm³/mol. The molecule has 658 valence electrons. The number of methoxy groups -OCH3 is 1. The van der Waals surface area contributed by atoms with Crippen LogP contribution < -0.4 is 39.0 Å². The quantitative estimate of drug-likeness (QED) is 0.0518. The van der Waals surface area contributed by atoms with Crippen molar-refractivity contribution in [1.29, 1.82) is 10.5 Å². The van der Waals surface area contributed by atoms with Gasteiger partial charge in [0.25, 0.3) is 0 Å². The molecule has 3 unspecified atom stereocenters. The van der Waals surface area contributed by atoms with E-state index in [-0.39, 0.29) is 30.4 Å². The lowest BCUT2D eigenvalue weighted by molar-refractivity contribution is -0.151. The number of aliphatic hydroxyl groups excluding tert-OH is 1. The second-order valence-corrected chi connectivity index (χ2v) is 32.5. The Kier molecular flexibility index (Phi) is 30.7. The number of halogens is 7. The minimum Gasteiger partial charge on any atom is -0.491 e. The van der Waals surface area contributed by atoms with E-state index in [1.54, 1.807) is 93.8 Å². The zero-order valence-electron chi connectivity index (χ0n) is 70.7. The number of ether oxygens (including phenoxy) is 4. The first-order valence-corrected chi connectivity index (χ1v) is 43.3. The van der Waals surface area contributed by atoms with Crippen molar-refractivity contribution in [2.24, 2.45) is 0 Å². The topological polar surface area (TPSA) is 255 Å². The highest BCUT2D eigenvalue weighted by Gasteiger charge is 2.37. The maximum Gasteiger partial charge on any atom is 0.433 e. The summed E-state index contributed by atoms with van der Waals surface area (Å²) in [7, 11) is 1.69. The van der Waals surface area contributed by atoms with Gasteiger partial charge in [0.05, 0.1) is 58.1 Å². The normalized spacial score (nSPS) is 15.9. The summed E-state index contributed by atoms with van der Waals surface area (Å²) in [5.74, 6) is -0.612. The van der Waals surface area contributed by atoms with Gasteiger partial charge in [-0.1, -0.05) is 108 Å². The number of aromatic nitrogens is 7. The summed E-state index contributed by atoms with van der Waals surface area (Å²) in [5, 5.41) is 32.2. The number of carbonyl (C=O) groups is 2. The number of anilines is 7. The van der Waals surface area contributed by atoms with E-state index in [9.17, 15) is 47.2 Å². The predicted octanol–water partition coefficient (Wildman–Crippen LogP) is 17.0. The van der Waals surface area contributed by atoms with Crippen molar-refractivity contribution in [2.75, 3.05) is 159 Å². The van der Waals surface area contributed by atoms with Crippen LogP contribution in [0, 0.1) is 34.3 Å². The molecule has 0 bridgehead atoms. The molecule has 4 saturated heterocycles. The van der Waals surface area contributed by atoms with Gasteiger partial charge in [-0.2, -0.15) is 23.7 Å². The Morgan fingerprint density at radius 3 is 1.50 bits per heavy atom. The number of hydrogen-bond acceptors (Lipinski definition) is 24. The first-order valence-electron chi connectivity index (χ1n) is 42.5. The fraction of sp³-hybridized carbons (Fsp3) is 0.344. The van der Waals surface area contributed by atoms with E-state index < -0.39 is 41.7 Å². The number of benzene rings is 8. The third-order valence-electron chi connectivity index (χ3n) is 22.5. The van der Waals surface area contributed by atoms with E-state index in [0.717, 1.165) is 104 Å². The molecule has 8 aromatic carbocycles. The Hall–Kier alpha value is -12.6. The maximum atomic E-state index is 13.3. The molecule has 1 aliphatic carbocycles. The highest BCUT2D eigenvalue weighted by Crippen LogP contribution is 2.38. The average Bonchev–Trinajstić information content (AvgIpc) is 0.785. The number of carbonyl (C=O) groups excluding carboxylic acids is 2. The van der Waals surface area contributed by atoms with Crippen molar-refractivity contribution < 1.29 is 55.6 Å². The number of nitrogens with zero attached hydrogens (tertiary/aromatic N) is 17. The Labute approximate surface area is 744 Å². The smallest absolute Gasteiger partial charge is 0.433 e. The van der Waals surface area contributed by atoms with E-state index >= 15 is 0 Å². The molecular formula is C96H98Cl2F5N17O7.